The van der Waals surface area contributed by atoms with Crippen molar-refractivity contribution in [3.05, 3.63) is 57.2 Å². The Kier molecular flexibility index (Phi) is 5.47. The molecule has 0 aliphatic carbocycles. The molecule has 31 heavy (non-hydrogen) atoms. The molecule has 5 heterocycles. The number of amides is 1. The molecule has 1 aliphatic heterocycles. The molecule has 5 rings (SSSR count). The number of nitrogens with zero attached hydrogens (tertiary/aromatic N) is 5. The van der Waals surface area contributed by atoms with E-state index in [0.717, 1.165) is 26.2 Å². The fourth-order valence-electron chi connectivity index (χ4n) is 3.31. The Morgan fingerprint density at radius 2 is 2.19 bits per heavy atom. The van der Waals surface area contributed by atoms with Gasteiger partial charge in [0.05, 0.1) is 28.8 Å². The Balaban J connectivity index is 1.31. The van der Waals surface area contributed by atoms with Gasteiger partial charge in [0.2, 0.25) is 0 Å². The molecule has 158 valence electrons. The van der Waals surface area contributed by atoms with Crippen molar-refractivity contribution in [3.63, 3.8) is 0 Å². The summed E-state index contributed by atoms with van der Waals surface area (Å²) in [6.07, 6.45) is 2.22. The van der Waals surface area contributed by atoms with Gasteiger partial charge in [0.25, 0.3) is 17.0 Å². The smallest absolute Gasteiger partial charge is 0.277 e. The number of aromatic nitrogens is 3. The molecule has 11 heteroatoms. The zero-order valence-corrected chi connectivity index (χ0v) is 19.1. The highest BCUT2D eigenvalue weighted by Crippen LogP contribution is 2.36. The van der Waals surface area contributed by atoms with Crippen molar-refractivity contribution in [2.24, 2.45) is 5.10 Å². The molecule has 4 aromatic heterocycles. The quantitative estimate of drug-likeness (QED) is 0.368. The lowest BCUT2D eigenvalue weighted by Gasteiger charge is -2.20. The SMILES string of the molecule is Cc1nc(C)c(-c2nnc(SCC(=O)N3N=C(c4ccco4)CC3c3cccs3)o2)s1. The molecule has 0 spiro atoms. The molecule has 0 radical (unpaired) electrons. The fraction of sp³-hybridized carbons (Fsp3) is 0.250. The third-order valence-corrected chi connectivity index (χ3v) is 7.50. The second kappa shape index (κ2) is 8.40. The highest BCUT2D eigenvalue weighted by molar-refractivity contribution is 7.99. The number of thioether (sulfide) groups is 1. The number of thiophene rings is 1. The average Bonchev–Trinajstić information content (AvgIpc) is 3.57. The highest BCUT2D eigenvalue weighted by Gasteiger charge is 2.34. The van der Waals surface area contributed by atoms with Gasteiger partial charge in [-0.25, -0.2) is 9.99 Å². The summed E-state index contributed by atoms with van der Waals surface area (Å²) in [5.74, 6) is 1.11. The number of carbonyl (C=O) groups is 1. The van der Waals surface area contributed by atoms with Crippen LogP contribution in [0.5, 0.6) is 0 Å². The van der Waals surface area contributed by atoms with E-state index in [0.29, 0.717) is 23.3 Å². The lowest BCUT2D eigenvalue weighted by atomic mass is 10.1. The third-order valence-electron chi connectivity index (χ3n) is 4.67. The molecule has 0 aromatic carbocycles. The Labute approximate surface area is 190 Å². The number of rotatable bonds is 6. The number of carbonyl (C=O) groups excluding carboxylic acids is 1. The van der Waals surface area contributed by atoms with Crippen LogP contribution in [0.3, 0.4) is 0 Å². The van der Waals surface area contributed by atoms with E-state index >= 15 is 0 Å². The molecule has 0 saturated heterocycles. The fourth-order valence-corrected chi connectivity index (χ4v) is 5.58. The molecule has 1 aliphatic rings. The van der Waals surface area contributed by atoms with Gasteiger partial charge in [-0.15, -0.1) is 32.9 Å². The topological polar surface area (TPSA) is 97.6 Å². The lowest BCUT2D eigenvalue weighted by molar-refractivity contribution is -0.130. The van der Waals surface area contributed by atoms with Crippen molar-refractivity contribution >= 4 is 46.1 Å². The van der Waals surface area contributed by atoms with Gasteiger partial charge in [-0.2, -0.15) is 5.10 Å². The predicted octanol–water partition coefficient (Wildman–Crippen LogP) is 4.93. The molecular weight excluding hydrogens is 454 g/mol. The molecule has 4 aromatic rings. The second-order valence-corrected chi connectivity index (χ2v) is 9.92. The minimum atomic E-state index is -0.144. The van der Waals surface area contributed by atoms with Crippen LogP contribution in [0.4, 0.5) is 0 Å². The summed E-state index contributed by atoms with van der Waals surface area (Å²) < 4.78 is 11.2. The minimum Gasteiger partial charge on any atom is -0.463 e. The van der Waals surface area contributed by atoms with Crippen LogP contribution in [-0.2, 0) is 4.79 Å². The summed E-state index contributed by atoms with van der Waals surface area (Å²) >= 11 is 4.32. The number of hydrazone groups is 1. The van der Waals surface area contributed by atoms with Gasteiger partial charge in [0, 0.05) is 11.3 Å². The Hall–Kier alpha value is -2.76. The third kappa shape index (κ3) is 4.08. The van der Waals surface area contributed by atoms with Crippen LogP contribution in [-0.4, -0.2) is 37.6 Å². The maximum atomic E-state index is 13.0. The normalized spacial score (nSPS) is 16.1. The zero-order valence-electron chi connectivity index (χ0n) is 16.6. The van der Waals surface area contributed by atoms with Crippen LogP contribution in [0.1, 0.15) is 33.8 Å². The van der Waals surface area contributed by atoms with Crippen molar-refractivity contribution < 1.29 is 13.6 Å². The number of thiazole rings is 1. The molecule has 8 nitrogen and oxygen atoms in total. The van der Waals surface area contributed by atoms with Crippen LogP contribution in [0.15, 0.2) is 55.1 Å². The van der Waals surface area contributed by atoms with Crippen molar-refractivity contribution in [3.8, 4) is 10.8 Å². The summed E-state index contributed by atoms with van der Waals surface area (Å²) in [7, 11) is 0. The number of hydrogen-bond donors (Lipinski definition) is 0. The van der Waals surface area contributed by atoms with Gasteiger partial charge in [0.15, 0.2) is 0 Å². The molecule has 0 saturated carbocycles. The van der Waals surface area contributed by atoms with E-state index in [9.17, 15) is 4.79 Å². The summed E-state index contributed by atoms with van der Waals surface area (Å²) in [4.78, 5) is 19.4. The Bertz CT molecular complexity index is 1230. The van der Waals surface area contributed by atoms with E-state index in [2.05, 4.69) is 20.3 Å². The van der Waals surface area contributed by atoms with E-state index in [1.54, 1.807) is 22.6 Å². The van der Waals surface area contributed by atoms with Gasteiger partial charge < -0.3 is 8.83 Å². The van der Waals surface area contributed by atoms with Gasteiger partial charge >= 0.3 is 0 Å². The standard InChI is InChI=1S/C20H17N5O3S3/c1-11-18(31-12(2)21-11)19-22-23-20(28-19)30-10-17(26)25-14(16-6-4-8-29-16)9-13(24-25)15-5-3-7-27-15/h3-8,14H,9-10H2,1-2H3. The van der Waals surface area contributed by atoms with E-state index in [1.807, 2.05) is 43.5 Å². The first-order valence-corrected chi connectivity index (χ1v) is 12.1. The minimum absolute atomic E-state index is 0.130. The van der Waals surface area contributed by atoms with Crippen LogP contribution >= 0.6 is 34.4 Å². The summed E-state index contributed by atoms with van der Waals surface area (Å²) in [6.45, 7) is 3.84. The second-order valence-electron chi connectivity index (χ2n) is 6.81. The van der Waals surface area contributed by atoms with Crippen molar-refractivity contribution in [2.75, 3.05) is 5.75 Å². The van der Waals surface area contributed by atoms with E-state index in [4.69, 9.17) is 8.83 Å². The number of furan rings is 1. The Morgan fingerprint density at radius 3 is 2.90 bits per heavy atom. The molecule has 0 fully saturated rings. The molecule has 1 atom stereocenters. The van der Waals surface area contributed by atoms with Crippen molar-refractivity contribution in [1.82, 2.24) is 20.2 Å². The van der Waals surface area contributed by atoms with Gasteiger partial charge in [-0.3, -0.25) is 4.79 Å². The van der Waals surface area contributed by atoms with E-state index < -0.39 is 0 Å². The zero-order chi connectivity index (χ0) is 21.4. The molecule has 0 bridgehead atoms. The summed E-state index contributed by atoms with van der Waals surface area (Å²) in [5.41, 5.74) is 1.62. The maximum Gasteiger partial charge on any atom is 0.277 e. The molecular formula is C20H17N5O3S3. The molecule has 1 amide bonds. The highest BCUT2D eigenvalue weighted by atomic mass is 32.2. The first kappa shape index (κ1) is 20.2. The van der Waals surface area contributed by atoms with Gasteiger partial charge in [-0.05, 0) is 37.4 Å². The molecule has 1 unspecified atom stereocenters. The van der Waals surface area contributed by atoms with E-state index in [1.165, 1.54) is 23.1 Å². The number of aryl methyl sites for hydroxylation is 2. The van der Waals surface area contributed by atoms with E-state index in [-0.39, 0.29) is 17.7 Å². The maximum absolute atomic E-state index is 13.0. The monoisotopic (exact) mass is 471 g/mol. The van der Waals surface area contributed by atoms with Crippen LogP contribution in [0, 0.1) is 13.8 Å². The first-order chi connectivity index (χ1) is 15.1. The summed E-state index contributed by atoms with van der Waals surface area (Å²) in [6, 6.07) is 7.53. The predicted molar refractivity (Wildman–Crippen MR) is 119 cm³/mol. The van der Waals surface area contributed by atoms with Crippen LogP contribution < -0.4 is 0 Å². The largest absolute Gasteiger partial charge is 0.463 e. The lowest BCUT2D eigenvalue weighted by Crippen LogP contribution is -2.28. The van der Waals surface area contributed by atoms with Gasteiger partial charge in [-0.1, -0.05) is 17.8 Å². The van der Waals surface area contributed by atoms with Crippen LogP contribution in [0.2, 0.25) is 0 Å². The van der Waals surface area contributed by atoms with Crippen molar-refractivity contribution in [2.45, 2.75) is 31.5 Å². The Morgan fingerprint density at radius 1 is 1.29 bits per heavy atom. The van der Waals surface area contributed by atoms with Crippen LogP contribution in [0.25, 0.3) is 10.8 Å². The van der Waals surface area contributed by atoms with Crippen molar-refractivity contribution in [1.29, 1.82) is 0 Å². The first-order valence-electron chi connectivity index (χ1n) is 9.46. The summed E-state index contributed by atoms with van der Waals surface area (Å²) in [5, 5.41) is 17.6. The van der Waals surface area contributed by atoms with Gasteiger partial charge in [0.1, 0.15) is 16.3 Å². The molecule has 0 N–H and O–H groups in total. The number of hydrogen-bond acceptors (Lipinski definition) is 10. The average molecular weight is 472 g/mol.